The van der Waals surface area contributed by atoms with Crippen molar-refractivity contribution in [2.24, 2.45) is 5.92 Å². The summed E-state index contributed by atoms with van der Waals surface area (Å²) in [7, 11) is 0. The monoisotopic (exact) mass is 323 g/mol. The van der Waals surface area contributed by atoms with Gasteiger partial charge < -0.3 is 4.90 Å². The lowest BCUT2D eigenvalue weighted by atomic mass is 9.97. The molecule has 1 aliphatic heterocycles. The highest BCUT2D eigenvalue weighted by atomic mass is 35.5. The van der Waals surface area contributed by atoms with Crippen LogP contribution in [0.3, 0.4) is 0 Å². The zero-order valence-electron chi connectivity index (χ0n) is 12.3. The van der Waals surface area contributed by atoms with Gasteiger partial charge in [-0.2, -0.15) is 0 Å². The molecule has 0 saturated carbocycles. The smallest absolute Gasteiger partial charge is 0.271 e. The number of carbonyl (C=O) groups excluding carboxylic acids is 3. The molecule has 1 aromatic carbocycles. The van der Waals surface area contributed by atoms with Gasteiger partial charge in [0.1, 0.15) is 0 Å². The van der Waals surface area contributed by atoms with Gasteiger partial charge in [0.2, 0.25) is 11.8 Å². The Kier molecular flexibility index (Phi) is 5.38. The van der Waals surface area contributed by atoms with Gasteiger partial charge in [0, 0.05) is 20.0 Å². The number of hydrazine groups is 1. The Bertz CT molecular complexity index is 591. The van der Waals surface area contributed by atoms with Gasteiger partial charge in [0.15, 0.2) is 0 Å². The summed E-state index contributed by atoms with van der Waals surface area (Å²) in [6.45, 7) is 2.54. The first kappa shape index (κ1) is 16.3. The van der Waals surface area contributed by atoms with Gasteiger partial charge in [-0.1, -0.05) is 23.7 Å². The van der Waals surface area contributed by atoms with E-state index in [0.29, 0.717) is 30.1 Å². The van der Waals surface area contributed by atoms with Crippen LogP contribution in [0.15, 0.2) is 24.3 Å². The summed E-state index contributed by atoms with van der Waals surface area (Å²) in [6, 6.07) is 6.58. The highest BCUT2D eigenvalue weighted by Crippen LogP contribution is 2.17. The van der Waals surface area contributed by atoms with Gasteiger partial charge >= 0.3 is 0 Å². The molecule has 2 N–H and O–H groups in total. The lowest BCUT2D eigenvalue weighted by Crippen LogP contribution is -2.49. The van der Waals surface area contributed by atoms with Crippen LogP contribution < -0.4 is 10.9 Å². The molecular weight excluding hydrogens is 306 g/mol. The van der Waals surface area contributed by atoms with E-state index >= 15 is 0 Å². The van der Waals surface area contributed by atoms with Crippen molar-refractivity contribution in [2.75, 3.05) is 13.1 Å². The third-order valence-corrected chi connectivity index (χ3v) is 3.98. The highest BCUT2D eigenvalue weighted by molar-refractivity contribution is 6.33. The summed E-state index contributed by atoms with van der Waals surface area (Å²) >= 11 is 5.92. The molecule has 118 valence electrons. The van der Waals surface area contributed by atoms with E-state index in [1.165, 1.54) is 6.92 Å². The Labute approximate surface area is 133 Å². The summed E-state index contributed by atoms with van der Waals surface area (Å²) in [4.78, 5) is 37.0. The molecule has 0 unspecified atom stereocenters. The van der Waals surface area contributed by atoms with Crippen LogP contribution in [0.25, 0.3) is 0 Å². The molecule has 1 atom stereocenters. The third kappa shape index (κ3) is 3.98. The zero-order valence-corrected chi connectivity index (χ0v) is 13.0. The van der Waals surface area contributed by atoms with Crippen molar-refractivity contribution in [2.45, 2.75) is 19.8 Å². The van der Waals surface area contributed by atoms with E-state index in [9.17, 15) is 14.4 Å². The first-order chi connectivity index (χ1) is 10.5. The minimum absolute atomic E-state index is 0.0439. The van der Waals surface area contributed by atoms with Gasteiger partial charge in [-0.05, 0) is 25.0 Å². The fourth-order valence-electron chi connectivity index (χ4n) is 2.41. The lowest BCUT2D eigenvalue weighted by Gasteiger charge is -2.31. The van der Waals surface area contributed by atoms with Crippen molar-refractivity contribution in [3.8, 4) is 0 Å². The molecule has 3 amide bonds. The van der Waals surface area contributed by atoms with Gasteiger partial charge in [0.05, 0.1) is 16.5 Å². The molecule has 22 heavy (non-hydrogen) atoms. The van der Waals surface area contributed by atoms with Gasteiger partial charge in [-0.15, -0.1) is 0 Å². The zero-order chi connectivity index (χ0) is 16.1. The standard InChI is InChI=1S/C15H18ClN3O3/c1-10(20)19-8-4-5-11(9-19)14(21)17-18-15(22)12-6-2-3-7-13(12)16/h2-3,6-7,11H,4-5,8-9H2,1H3,(H,17,21)(H,18,22)/t11-/m1/s1. The quantitative estimate of drug-likeness (QED) is 0.807. The molecule has 7 heteroatoms. The SMILES string of the molecule is CC(=O)N1CCC[C@@H](C(=O)NNC(=O)c2ccccc2Cl)C1. The number of piperidine rings is 1. The van der Waals surface area contributed by atoms with Crippen molar-refractivity contribution in [1.29, 1.82) is 0 Å². The maximum absolute atomic E-state index is 12.1. The number of likely N-dealkylation sites (tertiary alicyclic amines) is 1. The van der Waals surface area contributed by atoms with Crippen LogP contribution in [0.1, 0.15) is 30.1 Å². The molecule has 1 heterocycles. The van der Waals surface area contributed by atoms with Gasteiger partial charge in [0.25, 0.3) is 5.91 Å². The number of amides is 3. The van der Waals surface area contributed by atoms with Crippen LogP contribution in [0.2, 0.25) is 5.02 Å². The Morgan fingerprint density at radius 1 is 1.23 bits per heavy atom. The van der Waals surface area contributed by atoms with Crippen LogP contribution in [0.5, 0.6) is 0 Å². The number of halogens is 1. The minimum Gasteiger partial charge on any atom is -0.342 e. The van der Waals surface area contributed by atoms with E-state index in [-0.39, 0.29) is 17.7 Å². The Morgan fingerprint density at radius 2 is 1.95 bits per heavy atom. The van der Waals surface area contributed by atoms with Crippen LogP contribution >= 0.6 is 11.6 Å². The number of carbonyl (C=O) groups is 3. The third-order valence-electron chi connectivity index (χ3n) is 3.66. The highest BCUT2D eigenvalue weighted by Gasteiger charge is 2.27. The van der Waals surface area contributed by atoms with Crippen molar-refractivity contribution < 1.29 is 14.4 Å². The van der Waals surface area contributed by atoms with E-state index < -0.39 is 5.91 Å². The molecule has 0 bridgehead atoms. The predicted octanol–water partition coefficient (Wildman–Crippen LogP) is 1.36. The summed E-state index contributed by atoms with van der Waals surface area (Å²) in [5, 5.41) is 0.315. The predicted molar refractivity (Wildman–Crippen MR) is 82.0 cm³/mol. The second-order valence-electron chi connectivity index (χ2n) is 5.23. The number of nitrogens with one attached hydrogen (secondary N) is 2. The Hall–Kier alpha value is -2.08. The summed E-state index contributed by atoms with van der Waals surface area (Å²) in [6.07, 6.45) is 1.47. The van der Waals surface area contributed by atoms with Crippen molar-refractivity contribution >= 4 is 29.3 Å². The summed E-state index contributed by atoms with van der Waals surface area (Å²) in [5.41, 5.74) is 5.05. The summed E-state index contributed by atoms with van der Waals surface area (Å²) in [5.74, 6) is -1.13. The number of rotatable bonds is 2. The first-order valence-corrected chi connectivity index (χ1v) is 7.47. The average molecular weight is 324 g/mol. The molecule has 2 rings (SSSR count). The summed E-state index contributed by atoms with van der Waals surface area (Å²) < 4.78 is 0. The van der Waals surface area contributed by atoms with E-state index in [1.54, 1.807) is 29.2 Å². The van der Waals surface area contributed by atoms with Gasteiger partial charge in [-0.25, -0.2) is 0 Å². The molecule has 0 spiro atoms. The second-order valence-corrected chi connectivity index (χ2v) is 5.63. The van der Waals surface area contributed by atoms with Crippen LogP contribution in [0, 0.1) is 5.92 Å². The molecule has 0 aliphatic carbocycles. The molecule has 1 saturated heterocycles. The molecule has 1 aliphatic rings. The minimum atomic E-state index is -0.474. The van der Waals surface area contributed by atoms with Crippen molar-refractivity contribution in [3.63, 3.8) is 0 Å². The van der Waals surface area contributed by atoms with E-state index in [4.69, 9.17) is 11.6 Å². The number of benzene rings is 1. The molecule has 0 aromatic heterocycles. The molecule has 6 nitrogen and oxygen atoms in total. The van der Waals surface area contributed by atoms with Crippen LogP contribution in [-0.2, 0) is 9.59 Å². The lowest BCUT2D eigenvalue weighted by molar-refractivity contribution is -0.134. The fourth-order valence-corrected chi connectivity index (χ4v) is 2.63. The van der Waals surface area contributed by atoms with Crippen molar-refractivity contribution in [3.05, 3.63) is 34.9 Å². The van der Waals surface area contributed by atoms with Crippen LogP contribution in [-0.4, -0.2) is 35.7 Å². The fraction of sp³-hybridized carbons (Fsp3) is 0.400. The normalized spacial score (nSPS) is 17.7. The van der Waals surface area contributed by atoms with E-state index in [1.807, 2.05) is 0 Å². The Balaban J connectivity index is 1.89. The van der Waals surface area contributed by atoms with E-state index in [2.05, 4.69) is 10.9 Å². The first-order valence-electron chi connectivity index (χ1n) is 7.09. The largest absolute Gasteiger partial charge is 0.342 e. The second kappa shape index (κ2) is 7.26. The van der Waals surface area contributed by atoms with Crippen LogP contribution in [0.4, 0.5) is 0 Å². The van der Waals surface area contributed by atoms with E-state index in [0.717, 1.165) is 6.42 Å². The average Bonchev–Trinajstić information content (AvgIpc) is 2.52. The molecule has 0 radical (unpaired) electrons. The molecular formula is C15H18ClN3O3. The topological polar surface area (TPSA) is 78.5 Å². The number of hydrogen-bond donors (Lipinski definition) is 2. The molecule has 1 fully saturated rings. The number of hydrogen-bond acceptors (Lipinski definition) is 3. The van der Waals surface area contributed by atoms with Gasteiger partial charge in [-0.3, -0.25) is 25.2 Å². The maximum atomic E-state index is 12.1. The van der Waals surface area contributed by atoms with Crippen molar-refractivity contribution in [1.82, 2.24) is 15.8 Å². The Morgan fingerprint density at radius 3 is 2.64 bits per heavy atom. The maximum Gasteiger partial charge on any atom is 0.271 e. The molecule has 1 aromatic rings. The number of nitrogens with zero attached hydrogens (tertiary/aromatic N) is 1.